The molecule has 6 nitrogen and oxygen atoms in total. The quantitative estimate of drug-likeness (QED) is 0.729. The number of H-pyrrole nitrogens is 1. The highest BCUT2D eigenvalue weighted by molar-refractivity contribution is 7.71. The van der Waals surface area contributed by atoms with Crippen LogP contribution in [-0.4, -0.2) is 34.0 Å². The zero-order valence-corrected chi connectivity index (χ0v) is 14.0. The summed E-state index contributed by atoms with van der Waals surface area (Å²) in [6.45, 7) is 0. The van der Waals surface area contributed by atoms with Gasteiger partial charge >= 0.3 is 0 Å². The zero-order chi connectivity index (χ0) is 16.4. The highest BCUT2D eigenvalue weighted by Crippen LogP contribution is 2.36. The number of aromatic amines is 1. The minimum Gasteiger partial charge on any atom is -0.495 e. The molecule has 0 amide bonds. The lowest BCUT2D eigenvalue weighted by Gasteiger charge is -2.14. The summed E-state index contributed by atoms with van der Waals surface area (Å²) in [5.41, 5.74) is 1.54. The predicted octanol–water partition coefficient (Wildman–Crippen LogP) is 3.66. The van der Waals surface area contributed by atoms with Crippen molar-refractivity contribution in [2.24, 2.45) is 0 Å². The van der Waals surface area contributed by atoms with Crippen molar-refractivity contribution < 1.29 is 9.47 Å². The topological polar surface area (TPSA) is 65.0 Å². The van der Waals surface area contributed by atoms with Gasteiger partial charge < -0.3 is 9.47 Å². The second kappa shape index (κ2) is 6.39. The van der Waals surface area contributed by atoms with Gasteiger partial charge in [-0.15, -0.1) is 0 Å². The number of hydrogen-bond donors (Lipinski definition) is 1. The lowest BCUT2D eigenvalue weighted by molar-refractivity contribution is 0.401. The average Bonchev–Trinajstić information content (AvgIpc) is 2.97. The van der Waals surface area contributed by atoms with Crippen LogP contribution >= 0.6 is 23.8 Å². The molecule has 0 fully saturated rings. The standard InChI is InChI=1S/C15H13ClN4O2S/c1-21-12-8-11(13(22-2)7-10(12)16)20-14(18-19-15(20)23)9-3-5-17-6-4-9/h3-8H,1-2H3,(H,19,23). The van der Waals surface area contributed by atoms with Crippen molar-refractivity contribution in [1.29, 1.82) is 0 Å². The van der Waals surface area contributed by atoms with Crippen LogP contribution in [0.15, 0.2) is 36.7 Å². The van der Waals surface area contributed by atoms with Gasteiger partial charge in [0.1, 0.15) is 11.5 Å². The molecule has 8 heteroatoms. The van der Waals surface area contributed by atoms with Crippen molar-refractivity contribution in [3.05, 3.63) is 46.5 Å². The van der Waals surface area contributed by atoms with Gasteiger partial charge in [-0.1, -0.05) is 11.6 Å². The minimum atomic E-state index is 0.430. The maximum Gasteiger partial charge on any atom is 0.200 e. The number of nitrogens with zero attached hydrogens (tertiary/aromatic N) is 3. The van der Waals surface area contributed by atoms with Crippen LogP contribution < -0.4 is 9.47 Å². The number of methoxy groups -OCH3 is 2. The number of ether oxygens (including phenoxy) is 2. The van der Waals surface area contributed by atoms with E-state index in [-0.39, 0.29) is 0 Å². The molecule has 0 radical (unpaired) electrons. The van der Waals surface area contributed by atoms with Crippen LogP contribution in [0.3, 0.4) is 0 Å². The summed E-state index contributed by atoms with van der Waals surface area (Å²) in [7, 11) is 3.12. The molecule has 2 heterocycles. The Morgan fingerprint density at radius 3 is 2.48 bits per heavy atom. The first-order chi connectivity index (χ1) is 11.2. The van der Waals surface area contributed by atoms with Crippen molar-refractivity contribution in [2.75, 3.05) is 14.2 Å². The van der Waals surface area contributed by atoms with Crippen LogP contribution in [0, 0.1) is 4.77 Å². The number of nitrogens with one attached hydrogen (secondary N) is 1. The van der Waals surface area contributed by atoms with Crippen molar-refractivity contribution in [1.82, 2.24) is 19.7 Å². The summed E-state index contributed by atoms with van der Waals surface area (Å²) in [6, 6.07) is 7.14. The van der Waals surface area contributed by atoms with Crippen LogP contribution in [0.25, 0.3) is 17.1 Å². The number of rotatable bonds is 4. The van der Waals surface area contributed by atoms with Gasteiger partial charge in [-0.05, 0) is 24.4 Å². The molecule has 0 saturated carbocycles. The van der Waals surface area contributed by atoms with Gasteiger partial charge in [0.15, 0.2) is 10.6 Å². The van der Waals surface area contributed by atoms with Crippen molar-refractivity contribution >= 4 is 23.8 Å². The third-order valence-electron chi connectivity index (χ3n) is 3.31. The van der Waals surface area contributed by atoms with E-state index in [0.29, 0.717) is 32.8 Å². The largest absolute Gasteiger partial charge is 0.495 e. The van der Waals surface area contributed by atoms with Crippen molar-refractivity contribution in [2.45, 2.75) is 0 Å². The van der Waals surface area contributed by atoms with E-state index in [9.17, 15) is 0 Å². The molecule has 1 aromatic carbocycles. The van der Waals surface area contributed by atoms with Crippen molar-refractivity contribution in [3.63, 3.8) is 0 Å². The number of pyridine rings is 1. The molecule has 0 saturated heterocycles. The molecule has 0 aliphatic carbocycles. The second-order valence-electron chi connectivity index (χ2n) is 4.58. The number of aromatic nitrogens is 4. The van der Waals surface area contributed by atoms with Crippen LogP contribution in [0.1, 0.15) is 0 Å². The van der Waals surface area contributed by atoms with Gasteiger partial charge in [0, 0.05) is 30.1 Å². The first kappa shape index (κ1) is 15.5. The molecule has 0 unspecified atom stereocenters. The van der Waals surface area contributed by atoms with E-state index < -0.39 is 0 Å². The summed E-state index contributed by atoms with van der Waals surface area (Å²) in [5.74, 6) is 1.72. The van der Waals surface area contributed by atoms with Gasteiger partial charge in [0.25, 0.3) is 0 Å². The fourth-order valence-electron chi connectivity index (χ4n) is 2.23. The Bertz CT molecular complexity index is 892. The van der Waals surface area contributed by atoms with Crippen LogP contribution in [0.5, 0.6) is 11.5 Å². The molecule has 0 aliphatic heterocycles. The molecule has 3 aromatic rings. The molecular weight excluding hydrogens is 336 g/mol. The molecule has 118 valence electrons. The Morgan fingerprint density at radius 1 is 1.13 bits per heavy atom. The number of halogens is 1. The lowest BCUT2D eigenvalue weighted by atomic mass is 10.2. The van der Waals surface area contributed by atoms with E-state index >= 15 is 0 Å². The van der Waals surface area contributed by atoms with E-state index in [0.717, 1.165) is 5.56 Å². The molecule has 3 rings (SSSR count). The first-order valence-electron chi connectivity index (χ1n) is 6.65. The van der Waals surface area contributed by atoms with Crippen LogP contribution in [0.4, 0.5) is 0 Å². The Labute approximate surface area is 142 Å². The smallest absolute Gasteiger partial charge is 0.200 e. The Kier molecular flexibility index (Phi) is 4.31. The van der Waals surface area contributed by atoms with Gasteiger partial charge in [-0.2, -0.15) is 5.10 Å². The van der Waals surface area contributed by atoms with Gasteiger partial charge in [0.2, 0.25) is 0 Å². The molecule has 0 bridgehead atoms. The summed E-state index contributed by atoms with van der Waals surface area (Å²) >= 11 is 11.5. The summed E-state index contributed by atoms with van der Waals surface area (Å²) < 4.78 is 12.9. The summed E-state index contributed by atoms with van der Waals surface area (Å²) in [5, 5.41) is 7.56. The van der Waals surface area contributed by atoms with Gasteiger partial charge in [-0.25, -0.2) is 0 Å². The Balaban J connectivity index is 2.28. The van der Waals surface area contributed by atoms with Crippen molar-refractivity contribution in [3.8, 4) is 28.6 Å². The normalized spacial score (nSPS) is 10.6. The third kappa shape index (κ3) is 2.80. The lowest BCUT2D eigenvalue weighted by Crippen LogP contribution is -2.02. The van der Waals surface area contributed by atoms with E-state index in [1.807, 2.05) is 12.1 Å². The molecule has 23 heavy (non-hydrogen) atoms. The maximum atomic E-state index is 6.17. The fraction of sp³-hybridized carbons (Fsp3) is 0.133. The van der Waals surface area contributed by atoms with E-state index in [1.165, 1.54) is 0 Å². The number of hydrogen-bond acceptors (Lipinski definition) is 5. The predicted molar refractivity (Wildman–Crippen MR) is 90.1 cm³/mol. The second-order valence-corrected chi connectivity index (χ2v) is 5.38. The molecule has 0 atom stereocenters. The Hall–Kier alpha value is -2.38. The zero-order valence-electron chi connectivity index (χ0n) is 12.4. The molecule has 1 N–H and O–H groups in total. The van der Waals surface area contributed by atoms with E-state index in [1.54, 1.807) is 43.3 Å². The molecule has 0 spiro atoms. The van der Waals surface area contributed by atoms with E-state index in [4.69, 9.17) is 33.3 Å². The molecule has 0 aliphatic rings. The van der Waals surface area contributed by atoms with Gasteiger partial charge in [-0.3, -0.25) is 14.6 Å². The summed E-state index contributed by atoms with van der Waals surface area (Å²) in [6.07, 6.45) is 3.38. The SMILES string of the molecule is COc1cc(-n2c(-c3ccncc3)n[nH]c2=S)c(OC)cc1Cl. The maximum absolute atomic E-state index is 6.17. The highest BCUT2D eigenvalue weighted by atomic mass is 35.5. The Morgan fingerprint density at radius 2 is 1.83 bits per heavy atom. The van der Waals surface area contributed by atoms with Gasteiger partial charge in [0.05, 0.1) is 24.9 Å². The van der Waals surface area contributed by atoms with Crippen LogP contribution in [0.2, 0.25) is 5.02 Å². The fourth-order valence-corrected chi connectivity index (χ4v) is 2.70. The highest BCUT2D eigenvalue weighted by Gasteiger charge is 2.17. The summed E-state index contributed by atoms with van der Waals surface area (Å²) in [4.78, 5) is 4.02. The first-order valence-corrected chi connectivity index (χ1v) is 7.44. The minimum absolute atomic E-state index is 0.430. The van der Waals surface area contributed by atoms with Crippen LogP contribution in [-0.2, 0) is 0 Å². The monoisotopic (exact) mass is 348 g/mol. The van der Waals surface area contributed by atoms with E-state index in [2.05, 4.69) is 15.2 Å². The molecular formula is C15H13ClN4O2S. The molecule has 2 aromatic heterocycles. The average molecular weight is 349 g/mol. The third-order valence-corrected chi connectivity index (χ3v) is 3.87. The number of benzene rings is 1.